The number of nitrogens with zero attached hydrogens (tertiary/aromatic N) is 1. The quantitative estimate of drug-likeness (QED) is 0.701. The van der Waals surface area contributed by atoms with E-state index in [-0.39, 0.29) is 11.7 Å². The number of fused-ring (bicyclic) bond motifs is 1. The smallest absolute Gasteiger partial charge is 0.224 e. The van der Waals surface area contributed by atoms with Crippen LogP contribution < -0.4 is 5.32 Å². The van der Waals surface area contributed by atoms with Crippen LogP contribution in [0.3, 0.4) is 0 Å². The summed E-state index contributed by atoms with van der Waals surface area (Å²) < 4.78 is 1.18. The minimum atomic E-state index is -0.0948. The van der Waals surface area contributed by atoms with Gasteiger partial charge in [0.25, 0.3) is 0 Å². The van der Waals surface area contributed by atoms with Gasteiger partial charge in [-0.3, -0.25) is 4.79 Å². The summed E-state index contributed by atoms with van der Waals surface area (Å²) in [4.78, 5) is 16.4. The maximum Gasteiger partial charge on any atom is 0.224 e. The van der Waals surface area contributed by atoms with Crippen molar-refractivity contribution >= 4 is 33.1 Å². The first-order valence-corrected chi connectivity index (χ1v) is 7.96. The third-order valence-electron chi connectivity index (χ3n) is 3.31. The Hall–Kier alpha value is -2.40. The third kappa shape index (κ3) is 3.43. The highest BCUT2D eigenvalue weighted by Crippen LogP contribution is 2.24. The summed E-state index contributed by atoms with van der Waals surface area (Å²) in [6, 6.07) is 14.8. The van der Waals surface area contributed by atoms with Gasteiger partial charge in [-0.15, -0.1) is 11.3 Å². The largest absolute Gasteiger partial charge is 0.506 e. The Morgan fingerprint density at radius 2 is 1.91 bits per heavy atom. The maximum atomic E-state index is 11.9. The van der Waals surface area contributed by atoms with Crippen molar-refractivity contribution in [3.05, 3.63) is 53.5 Å². The lowest BCUT2D eigenvalue weighted by atomic mass is 10.2. The van der Waals surface area contributed by atoms with E-state index >= 15 is 0 Å². The molecule has 0 aliphatic rings. The second-order valence-corrected chi connectivity index (χ2v) is 6.11. The van der Waals surface area contributed by atoms with Crippen molar-refractivity contribution in [3.8, 4) is 5.75 Å². The van der Waals surface area contributed by atoms with Crippen LogP contribution in [0.5, 0.6) is 5.75 Å². The fourth-order valence-corrected chi connectivity index (χ4v) is 3.23. The lowest BCUT2D eigenvalue weighted by molar-refractivity contribution is -0.116. The van der Waals surface area contributed by atoms with Crippen LogP contribution in [-0.4, -0.2) is 16.0 Å². The number of hydrogen-bond acceptors (Lipinski definition) is 4. The summed E-state index contributed by atoms with van der Waals surface area (Å²) in [6.45, 7) is 0. The number of nitrogens with one attached hydrogen (secondary N) is 1. The van der Waals surface area contributed by atoms with Gasteiger partial charge in [-0.1, -0.05) is 24.3 Å². The highest BCUT2D eigenvalue weighted by atomic mass is 32.1. The van der Waals surface area contributed by atoms with E-state index in [2.05, 4.69) is 16.4 Å². The third-order valence-corrected chi connectivity index (χ3v) is 4.41. The monoisotopic (exact) mass is 312 g/mol. The topological polar surface area (TPSA) is 62.2 Å². The summed E-state index contributed by atoms with van der Waals surface area (Å²) in [5.74, 6) is -0.00960. The molecule has 1 heterocycles. The molecule has 0 saturated carbocycles. The van der Waals surface area contributed by atoms with Gasteiger partial charge in [0.05, 0.1) is 20.9 Å². The van der Waals surface area contributed by atoms with Crippen LogP contribution in [-0.2, 0) is 11.2 Å². The molecule has 0 aliphatic heterocycles. The molecule has 0 bridgehead atoms. The van der Waals surface area contributed by atoms with Crippen molar-refractivity contribution in [2.45, 2.75) is 19.3 Å². The molecule has 2 aromatic carbocycles. The van der Waals surface area contributed by atoms with Crippen molar-refractivity contribution in [2.24, 2.45) is 0 Å². The molecule has 112 valence electrons. The highest BCUT2D eigenvalue weighted by molar-refractivity contribution is 7.18. The van der Waals surface area contributed by atoms with E-state index in [1.54, 1.807) is 35.6 Å². The van der Waals surface area contributed by atoms with E-state index in [4.69, 9.17) is 0 Å². The Bertz CT molecular complexity index is 765. The zero-order valence-corrected chi connectivity index (χ0v) is 12.8. The summed E-state index contributed by atoms with van der Waals surface area (Å²) in [7, 11) is 0. The number of amides is 1. The Morgan fingerprint density at radius 1 is 1.14 bits per heavy atom. The normalized spacial score (nSPS) is 10.7. The van der Waals surface area contributed by atoms with Crippen LogP contribution in [0.25, 0.3) is 10.2 Å². The number of rotatable bonds is 5. The van der Waals surface area contributed by atoms with Crippen LogP contribution in [0, 0.1) is 0 Å². The fourth-order valence-electron chi connectivity index (χ4n) is 2.22. The SMILES string of the molecule is O=C(CCCc1nc2ccccc2s1)Nc1ccccc1O. The summed E-state index contributed by atoms with van der Waals surface area (Å²) in [5, 5.41) is 13.4. The van der Waals surface area contributed by atoms with Gasteiger partial charge in [-0.2, -0.15) is 0 Å². The fraction of sp³-hybridized carbons (Fsp3) is 0.176. The van der Waals surface area contributed by atoms with Crippen LogP contribution in [0.2, 0.25) is 0 Å². The zero-order valence-electron chi connectivity index (χ0n) is 12.0. The van der Waals surface area contributed by atoms with Crippen molar-refractivity contribution in [1.29, 1.82) is 0 Å². The molecule has 22 heavy (non-hydrogen) atoms. The molecule has 1 amide bonds. The molecule has 1 aromatic heterocycles. The number of aryl methyl sites for hydroxylation is 1. The molecule has 4 nitrogen and oxygen atoms in total. The zero-order chi connectivity index (χ0) is 15.4. The predicted molar refractivity (Wildman–Crippen MR) is 89.3 cm³/mol. The van der Waals surface area contributed by atoms with Crippen molar-refractivity contribution < 1.29 is 9.90 Å². The molecule has 0 aliphatic carbocycles. The molecule has 0 unspecified atom stereocenters. The summed E-state index contributed by atoms with van der Waals surface area (Å²) >= 11 is 1.67. The molecule has 0 fully saturated rings. The van der Waals surface area contributed by atoms with E-state index in [1.807, 2.05) is 18.2 Å². The molecule has 0 radical (unpaired) electrons. The van der Waals surface area contributed by atoms with Crippen LogP contribution in [0.4, 0.5) is 5.69 Å². The lowest BCUT2D eigenvalue weighted by Gasteiger charge is -2.06. The Balaban J connectivity index is 1.52. The second kappa shape index (κ2) is 6.58. The molecular weight excluding hydrogens is 296 g/mol. The van der Waals surface area contributed by atoms with Crippen molar-refractivity contribution in [2.75, 3.05) is 5.32 Å². The van der Waals surface area contributed by atoms with E-state index in [9.17, 15) is 9.90 Å². The van der Waals surface area contributed by atoms with Gasteiger partial charge >= 0.3 is 0 Å². The van der Waals surface area contributed by atoms with Gasteiger partial charge in [-0.25, -0.2) is 4.98 Å². The van der Waals surface area contributed by atoms with Crippen molar-refractivity contribution in [1.82, 2.24) is 4.98 Å². The number of aromatic nitrogens is 1. The Kier molecular flexibility index (Phi) is 4.34. The summed E-state index contributed by atoms with van der Waals surface area (Å²) in [6.07, 6.45) is 1.93. The molecule has 3 aromatic rings. The number of phenolic OH excluding ortho intramolecular Hbond substituents is 1. The van der Waals surface area contributed by atoms with E-state index in [0.717, 1.165) is 23.4 Å². The number of carbonyl (C=O) groups excluding carboxylic acids is 1. The molecule has 0 atom stereocenters. The summed E-state index contributed by atoms with van der Waals surface area (Å²) in [5.41, 5.74) is 1.47. The number of carbonyl (C=O) groups is 1. The molecule has 2 N–H and O–H groups in total. The predicted octanol–water partition coefficient (Wildman–Crippen LogP) is 3.96. The number of para-hydroxylation sites is 3. The molecule has 0 spiro atoms. The average Bonchev–Trinajstić information content (AvgIpc) is 2.92. The van der Waals surface area contributed by atoms with Gasteiger partial charge in [0.1, 0.15) is 5.75 Å². The lowest BCUT2D eigenvalue weighted by Crippen LogP contribution is -2.11. The Labute approximate surface area is 132 Å². The van der Waals surface area contributed by atoms with Crippen molar-refractivity contribution in [3.63, 3.8) is 0 Å². The first-order chi connectivity index (χ1) is 10.7. The Morgan fingerprint density at radius 3 is 2.73 bits per heavy atom. The van der Waals surface area contributed by atoms with E-state index < -0.39 is 0 Å². The van der Waals surface area contributed by atoms with Crippen LogP contribution >= 0.6 is 11.3 Å². The number of benzene rings is 2. The van der Waals surface area contributed by atoms with Gasteiger partial charge in [0.2, 0.25) is 5.91 Å². The van der Waals surface area contributed by atoms with Crippen LogP contribution in [0.15, 0.2) is 48.5 Å². The standard InChI is InChI=1S/C17H16N2O2S/c20-14-8-3-1-6-12(14)18-16(21)10-5-11-17-19-13-7-2-4-9-15(13)22-17/h1-4,6-9,20H,5,10-11H2,(H,18,21). The molecular formula is C17H16N2O2S. The van der Waals surface area contributed by atoms with E-state index in [1.165, 1.54) is 4.70 Å². The number of thiazole rings is 1. The van der Waals surface area contributed by atoms with Gasteiger partial charge in [0, 0.05) is 6.42 Å². The van der Waals surface area contributed by atoms with Gasteiger partial charge in [0.15, 0.2) is 0 Å². The minimum Gasteiger partial charge on any atom is -0.506 e. The molecule has 0 saturated heterocycles. The average molecular weight is 312 g/mol. The number of aromatic hydroxyl groups is 1. The van der Waals surface area contributed by atoms with Crippen LogP contribution in [0.1, 0.15) is 17.8 Å². The first-order valence-electron chi connectivity index (χ1n) is 7.15. The first kappa shape index (κ1) is 14.5. The molecule has 3 rings (SSSR count). The van der Waals surface area contributed by atoms with Gasteiger partial charge < -0.3 is 10.4 Å². The highest BCUT2D eigenvalue weighted by Gasteiger charge is 2.07. The minimum absolute atomic E-state index is 0.0852. The molecule has 5 heteroatoms. The second-order valence-electron chi connectivity index (χ2n) is 4.99. The number of hydrogen-bond donors (Lipinski definition) is 2. The maximum absolute atomic E-state index is 11.9. The number of anilines is 1. The number of phenols is 1. The van der Waals surface area contributed by atoms with E-state index in [0.29, 0.717) is 12.1 Å². The van der Waals surface area contributed by atoms with Gasteiger partial charge in [-0.05, 0) is 37.1 Å².